The predicted molar refractivity (Wildman–Crippen MR) is 81.3 cm³/mol. The topological polar surface area (TPSA) is 98.4 Å². The van der Waals surface area contributed by atoms with Crippen molar-refractivity contribution in [2.45, 2.75) is 31.3 Å². The van der Waals surface area contributed by atoms with Crippen molar-refractivity contribution in [2.75, 3.05) is 13.1 Å². The van der Waals surface area contributed by atoms with E-state index in [1.165, 1.54) is 0 Å². The first kappa shape index (κ1) is 15.6. The fourth-order valence-corrected chi connectivity index (χ4v) is 3.79. The van der Waals surface area contributed by atoms with Crippen molar-refractivity contribution in [1.29, 1.82) is 5.26 Å². The number of hydrogen-bond donors (Lipinski definition) is 2. The molecule has 0 aliphatic carbocycles. The maximum absolute atomic E-state index is 11.7. The van der Waals surface area contributed by atoms with E-state index in [0.717, 1.165) is 25.2 Å². The minimum absolute atomic E-state index is 0.0829. The first-order valence-electron chi connectivity index (χ1n) is 7.75. The Labute approximate surface area is 134 Å². The number of likely N-dealkylation sites (tertiary alicyclic amines) is 1. The van der Waals surface area contributed by atoms with Gasteiger partial charge in [-0.05, 0) is 24.5 Å². The number of piperidine rings is 1. The smallest absolute Gasteiger partial charge is 0.309 e. The van der Waals surface area contributed by atoms with Crippen LogP contribution in [0.15, 0.2) is 12.3 Å². The first-order valence-corrected chi connectivity index (χ1v) is 7.75. The molecule has 7 heteroatoms. The molecular formula is C16H20N4O3. The van der Waals surface area contributed by atoms with E-state index in [9.17, 15) is 14.7 Å². The maximum atomic E-state index is 11.7. The zero-order valence-corrected chi connectivity index (χ0v) is 13.1. The van der Waals surface area contributed by atoms with Crippen LogP contribution in [0.1, 0.15) is 30.5 Å². The zero-order valence-electron chi connectivity index (χ0n) is 13.1. The van der Waals surface area contributed by atoms with Crippen molar-refractivity contribution in [3.8, 4) is 6.07 Å². The predicted octanol–water partition coefficient (Wildman–Crippen LogP) is 0.452. The van der Waals surface area contributed by atoms with E-state index in [0.29, 0.717) is 18.5 Å². The van der Waals surface area contributed by atoms with Crippen molar-refractivity contribution in [3.63, 3.8) is 0 Å². The lowest BCUT2D eigenvalue weighted by atomic mass is 9.77. The normalized spacial score (nSPS) is 23.7. The molecule has 23 heavy (non-hydrogen) atoms. The summed E-state index contributed by atoms with van der Waals surface area (Å²) >= 11 is 0. The molecule has 0 aromatic carbocycles. The lowest BCUT2D eigenvalue weighted by Gasteiger charge is -2.41. The number of rotatable bonds is 3. The third-order valence-corrected chi connectivity index (χ3v) is 5.07. The molecule has 1 aromatic rings. The summed E-state index contributed by atoms with van der Waals surface area (Å²) in [5.41, 5.74) is 1.11. The van der Waals surface area contributed by atoms with Gasteiger partial charge in [-0.2, -0.15) is 5.26 Å². The van der Waals surface area contributed by atoms with Gasteiger partial charge in [0.25, 0.3) is 0 Å². The molecule has 3 rings (SSSR count). The van der Waals surface area contributed by atoms with Crippen LogP contribution in [-0.4, -0.2) is 45.1 Å². The molecule has 3 heterocycles. The number of hydrogen-bond acceptors (Lipinski definition) is 4. The highest BCUT2D eigenvalue weighted by Crippen LogP contribution is 2.37. The largest absolute Gasteiger partial charge is 0.481 e. The maximum Gasteiger partial charge on any atom is 0.309 e. The SMILES string of the molecule is Cn1cc(CN2CCC3(CC2)NC(=O)C[C@H]3C(=O)O)cc1C#N. The molecule has 2 saturated heterocycles. The van der Waals surface area contributed by atoms with Crippen LogP contribution in [0.25, 0.3) is 0 Å². The second-order valence-corrected chi connectivity index (χ2v) is 6.53. The molecule has 0 unspecified atom stereocenters. The number of carboxylic acids is 1. The third kappa shape index (κ3) is 2.82. The summed E-state index contributed by atoms with van der Waals surface area (Å²) in [7, 11) is 1.85. The van der Waals surface area contributed by atoms with Crippen molar-refractivity contribution < 1.29 is 14.7 Å². The van der Waals surface area contributed by atoms with Gasteiger partial charge in [0, 0.05) is 39.3 Å². The molecule has 2 aliphatic rings. The van der Waals surface area contributed by atoms with Gasteiger partial charge in [-0.15, -0.1) is 0 Å². The van der Waals surface area contributed by atoms with Crippen molar-refractivity contribution in [1.82, 2.24) is 14.8 Å². The highest BCUT2D eigenvalue weighted by atomic mass is 16.4. The van der Waals surface area contributed by atoms with Crippen LogP contribution in [0.2, 0.25) is 0 Å². The van der Waals surface area contributed by atoms with Crippen LogP contribution < -0.4 is 5.32 Å². The van der Waals surface area contributed by atoms with Gasteiger partial charge in [0.15, 0.2) is 0 Å². The van der Waals surface area contributed by atoms with Crippen LogP contribution >= 0.6 is 0 Å². The number of aliphatic carboxylic acids is 1. The van der Waals surface area contributed by atoms with E-state index < -0.39 is 17.4 Å². The quantitative estimate of drug-likeness (QED) is 0.844. The van der Waals surface area contributed by atoms with Crippen LogP contribution in [0.5, 0.6) is 0 Å². The molecule has 0 bridgehead atoms. The molecular weight excluding hydrogens is 296 g/mol. The Morgan fingerprint density at radius 1 is 1.52 bits per heavy atom. The molecule has 0 radical (unpaired) electrons. The Morgan fingerprint density at radius 2 is 2.22 bits per heavy atom. The van der Waals surface area contributed by atoms with E-state index in [2.05, 4.69) is 16.3 Å². The summed E-state index contributed by atoms with van der Waals surface area (Å²) in [6, 6.07) is 4.02. The van der Waals surface area contributed by atoms with Gasteiger partial charge in [-0.3, -0.25) is 14.5 Å². The van der Waals surface area contributed by atoms with Gasteiger partial charge in [-0.1, -0.05) is 0 Å². The monoisotopic (exact) mass is 316 g/mol. The standard InChI is InChI=1S/C16H20N4O3/c1-19-9-11(6-12(19)8-17)10-20-4-2-16(3-5-20)13(15(22)23)7-14(21)18-16/h6,9,13H,2-5,7,10H2,1H3,(H,18,21)(H,22,23)/t13-/m0/s1. The fourth-order valence-electron chi connectivity index (χ4n) is 3.79. The fraction of sp³-hybridized carbons (Fsp3) is 0.562. The highest BCUT2D eigenvalue weighted by Gasteiger charge is 2.51. The molecule has 122 valence electrons. The summed E-state index contributed by atoms with van der Waals surface area (Å²) in [4.78, 5) is 25.3. The molecule has 1 amide bonds. The molecule has 2 N–H and O–H groups in total. The second kappa shape index (κ2) is 5.70. The molecule has 1 spiro atoms. The van der Waals surface area contributed by atoms with E-state index in [-0.39, 0.29) is 12.3 Å². The minimum atomic E-state index is -0.890. The number of carbonyl (C=O) groups is 2. The van der Waals surface area contributed by atoms with Gasteiger partial charge in [0.05, 0.1) is 11.5 Å². The Balaban J connectivity index is 1.65. The van der Waals surface area contributed by atoms with Gasteiger partial charge in [0.1, 0.15) is 11.8 Å². The minimum Gasteiger partial charge on any atom is -0.481 e. The summed E-state index contributed by atoms with van der Waals surface area (Å²) in [6.45, 7) is 2.21. The summed E-state index contributed by atoms with van der Waals surface area (Å²) in [5, 5.41) is 21.3. The molecule has 1 atom stereocenters. The number of aromatic nitrogens is 1. The summed E-state index contributed by atoms with van der Waals surface area (Å²) in [6.07, 6.45) is 3.32. The van der Waals surface area contributed by atoms with Crippen LogP contribution in [0.3, 0.4) is 0 Å². The van der Waals surface area contributed by atoms with Gasteiger partial charge >= 0.3 is 5.97 Å². The van der Waals surface area contributed by atoms with Crippen LogP contribution in [0.4, 0.5) is 0 Å². The number of amides is 1. The molecule has 0 saturated carbocycles. The Bertz CT molecular complexity index is 680. The molecule has 1 aromatic heterocycles. The van der Waals surface area contributed by atoms with Crippen molar-refractivity contribution in [3.05, 3.63) is 23.5 Å². The lowest BCUT2D eigenvalue weighted by Crippen LogP contribution is -2.55. The van der Waals surface area contributed by atoms with E-state index in [1.807, 2.05) is 19.3 Å². The number of nitrogens with zero attached hydrogens (tertiary/aromatic N) is 3. The van der Waals surface area contributed by atoms with Gasteiger partial charge in [-0.25, -0.2) is 0 Å². The van der Waals surface area contributed by atoms with Crippen LogP contribution in [0, 0.1) is 17.2 Å². The van der Waals surface area contributed by atoms with Crippen molar-refractivity contribution >= 4 is 11.9 Å². The van der Waals surface area contributed by atoms with E-state index in [1.54, 1.807) is 4.57 Å². The number of nitriles is 1. The molecule has 2 aliphatic heterocycles. The van der Waals surface area contributed by atoms with Crippen LogP contribution in [-0.2, 0) is 23.2 Å². The summed E-state index contributed by atoms with van der Waals surface area (Å²) < 4.78 is 1.80. The average molecular weight is 316 g/mol. The second-order valence-electron chi connectivity index (χ2n) is 6.53. The Morgan fingerprint density at radius 3 is 2.78 bits per heavy atom. The van der Waals surface area contributed by atoms with E-state index in [4.69, 9.17) is 5.26 Å². The molecule has 2 fully saturated rings. The summed E-state index contributed by atoms with van der Waals surface area (Å²) in [5.74, 6) is -1.68. The number of carbonyl (C=O) groups excluding carboxylic acids is 1. The lowest BCUT2D eigenvalue weighted by molar-refractivity contribution is -0.144. The first-order chi connectivity index (χ1) is 10.9. The van der Waals surface area contributed by atoms with Crippen molar-refractivity contribution in [2.24, 2.45) is 13.0 Å². The number of aryl methyl sites for hydroxylation is 1. The van der Waals surface area contributed by atoms with E-state index >= 15 is 0 Å². The zero-order chi connectivity index (χ0) is 16.6. The molecule has 7 nitrogen and oxygen atoms in total. The number of carboxylic acid groups (broad SMARTS) is 1. The highest BCUT2D eigenvalue weighted by molar-refractivity contribution is 5.88. The third-order valence-electron chi connectivity index (χ3n) is 5.07. The number of nitrogens with one attached hydrogen (secondary N) is 1. The Hall–Kier alpha value is -2.33. The Kier molecular flexibility index (Phi) is 3.86. The average Bonchev–Trinajstić information content (AvgIpc) is 3.02. The van der Waals surface area contributed by atoms with Gasteiger partial charge in [0.2, 0.25) is 5.91 Å². The van der Waals surface area contributed by atoms with Gasteiger partial charge < -0.3 is 15.0 Å².